The number of nitro groups is 1. The Hall–Kier alpha value is -2.89. The van der Waals surface area contributed by atoms with E-state index in [4.69, 9.17) is 0 Å². The Morgan fingerprint density at radius 1 is 1.24 bits per heavy atom. The van der Waals surface area contributed by atoms with E-state index in [0.29, 0.717) is 11.3 Å². The summed E-state index contributed by atoms with van der Waals surface area (Å²) in [4.78, 5) is 22.2. The first-order valence-electron chi connectivity index (χ1n) is 6.39. The van der Waals surface area contributed by atoms with Crippen LogP contribution in [0.25, 0.3) is 0 Å². The van der Waals surface area contributed by atoms with Gasteiger partial charge in [-0.05, 0) is 24.3 Å². The largest absolute Gasteiger partial charge is 0.506 e. The van der Waals surface area contributed by atoms with Crippen molar-refractivity contribution in [2.45, 2.75) is 13.3 Å². The van der Waals surface area contributed by atoms with E-state index in [1.165, 1.54) is 24.3 Å². The topological polar surface area (TPSA) is 92.5 Å². The van der Waals surface area contributed by atoms with Crippen molar-refractivity contribution in [2.75, 3.05) is 5.32 Å². The Labute approximate surface area is 121 Å². The molecule has 6 nitrogen and oxygen atoms in total. The number of rotatable bonds is 5. The lowest BCUT2D eigenvalue weighted by Gasteiger charge is -2.09. The van der Waals surface area contributed by atoms with Crippen LogP contribution < -0.4 is 5.32 Å². The summed E-state index contributed by atoms with van der Waals surface area (Å²) in [7, 11) is 0. The third-order valence-electron chi connectivity index (χ3n) is 3.01. The van der Waals surface area contributed by atoms with Gasteiger partial charge in [0.1, 0.15) is 11.4 Å². The van der Waals surface area contributed by atoms with E-state index in [0.717, 1.165) is 0 Å². The van der Waals surface area contributed by atoms with Crippen LogP contribution in [-0.2, 0) is 0 Å². The van der Waals surface area contributed by atoms with Gasteiger partial charge in [-0.1, -0.05) is 19.1 Å². The second-order valence-corrected chi connectivity index (χ2v) is 4.41. The average molecular weight is 286 g/mol. The molecule has 0 fully saturated rings. The van der Waals surface area contributed by atoms with Gasteiger partial charge in [-0.2, -0.15) is 0 Å². The molecule has 2 aromatic carbocycles. The molecular weight excluding hydrogens is 272 g/mol. The molecule has 0 bridgehead atoms. The minimum absolute atomic E-state index is 0.0134. The van der Waals surface area contributed by atoms with E-state index in [9.17, 15) is 20.0 Å². The number of Topliss-reactive ketones (excluding diaryl/α,β-unsaturated/α-hetero) is 1. The quantitative estimate of drug-likeness (QED) is 0.379. The molecule has 2 rings (SSSR count). The molecule has 0 aromatic heterocycles. The van der Waals surface area contributed by atoms with Crippen LogP contribution in [0.2, 0.25) is 0 Å². The molecule has 0 spiro atoms. The van der Waals surface area contributed by atoms with Crippen LogP contribution in [0, 0.1) is 10.1 Å². The molecule has 0 aliphatic carbocycles. The highest BCUT2D eigenvalue weighted by Crippen LogP contribution is 2.32. The van der Waals surface area contributed by atoms with Gasteiger partial charge in [0.25, 0.3) is 5.69 Å². The molecule has 0 saturated heterocycles. The zero-order valence-corrected chi connectivity index (χ0v) is 11.4. The number of hydrogen-bond acceptors (Lipinski definition) is 5. The summed E-state index contributed by atoms with van der Waals surface area (Å²) in [6.07, 6.45) is 0.281. The summed E-state index contributed by atoms with van der Waals surface area (Å²) in [5, 5.41) is 23.7. The van der Waals surface area contributed by atoms with Crippen molar-refractivity contribution < 1.29 is 14.8 Å². The van der Waals surface area contributed by atoms with E-state index in [1.54, 1.807) is 25.1 Å². The first kappa shape index (κ1) is 14.5. The van der Waals surface area contributed by atoms with Crippen LogP contribution in [-0.4, -0.2) is 15.8 Å². The number of nitro benzene ring substituents is 1. The van der Waals surface area contributed by atoms with Crippen LogP contribution in [0.5, 0.6) is 5.75 Å². The Morgan fingerprint density at radius 3 is 2.57 bits per heavy atom. The molecule has 2 N–H and O–H groups in total. The van der Waals surface area contributed by atoms with Gasteiger partial charge in [0.05, 0.1) is 10.6 Å². The van der Waals surface area contributed by atoms with E-state index < -0.39 is 4.92 Å². The number of phenols is 1. The maximum Gasteiger partial charge on any atom is 0.293 e. The molecule has 0 amide bonds. The normalized spacial score (nSPS) is 10.1. The molecule has 0 aliphatic heterocycles. The number of nitrogens with zero attached hydrogens (tertiary/aromatic N) is 1. The molecule has 0 unspecified atom stereocenters. The number of hydrogen-bond donors (Lipinski definition) is 2. The van der Waals surface area contributed by atoms with Crippen LogP contribution in [0.4, 0.5) is 17.1 Å². The lowest BCUT2D eigenvalue weighted by molar-refractivity contribution is -0.383. The zero-order chi connectivity index (χ0) is 15.4. The molecular formula is C15H14N2O4. The minimum Gasteiger partial charge on any atom is -0.506 e. The number of carbonyl (C=O) groups is 1. The maximum absolute atomic E-state index is 11.6. The molecule has 21 heavy (non-hydrogen) atoms. The van der Waals surface area contributed by atoms with Gasteiger partial charge in [0.2, 0.25) is 0 Å². The number of aromatic hydroxyl groups is 1. The number of benzene rings is 2. The fraction of sp³-hybridized carbons (Fsp3) is 0.133. The monoisotopic (exact) mass is 286 g/mol. The number of phenolic OH excluding ortho intramolecular Hbond substituents is 1. The van der Waals surface area contributed by atoms with E-state index in [2.05, 4.69) is 5.32 Å². The maximum atomic E-state index is 11.6. The third-order valence-corrected chi connectivity index (χ3v) is 3.01. The smallest absolute Gasteiger partial charge is 0.293 e. The highest BCUT2D eigenvalue weighted by Gasteiger charge is 2.17. The van der Waals surface area contributed by atoms with Crippen molar-refractivity contribution in [1.82, 2.24) is 0 Å². The SMILES string of the molecule is CCC(=O)c1ccc(Nc2ccccc2O)c([N+](=O)[O-])c1. The number of anilines is 2. The highest BCUT2D eigenvalue weighted by molar-refractivity contribution is 5.97. The Kier molecular flexibility index (Phi) is 4.18. The number of ketones is 1. The van der Waals surface area contributed by atoms with Gasteiger partial charge in [-0.25, -0.2) is 0 Å². The number of carbonyl (C=O) groups excluding carboxylic acids is 1. The van der Waals surface area contributed by atoms with Crippen molar-refractivity contribution in [3.63, 3.8) is 0 Å². The summed E-state index contributed by atoms with van der Waals surface area (Å²) >= 11 is 0. The Balaban J connectivity index is 2.42. The van der Waals surface area contributed by atoms with Crippen molar-refractivity contribution >= 4 is 22.8 Å². The fourth-order valence-electron chi connectivity index (χ4n) is 1.89. The van der Waals surface area contributed by atoms with Crippen molar-refractivity contribution in [3.05, 3.63) is 58.1 Å². The molecule has 0 saturated carbocycles. The third kappa shape index (κ3) is 3.17. The highest BCUT2D eigenvalue weighted by atomic mass is 16.6. The molecule has 0 heterocycles. The lowest BCUT2D eigenvalue weighted by Crippen LogP contribution is -2.02. The second kappa shape index (κ2) is 6.04. The first-order valence-corrected chi connectivity index (χ1v) is 6.39. The molecule has 0 atom stereocenters. The number of nitrogens with one attached hydrogen (secondary N) is 1. The van der Waals surface area contributed by atoms with Crippen LogP contribution in [0.1, 0.15) is 23.7 Å². The fourth-order valence-corrected chi connectivity index (χ4v) is 1.89. The summed E-state index contributed by atoms with van der Waals surface area (Å²) in [5.41, 5.74) is 0.661. The van der Waals surface area contributed by atoms with Gasteiger partial charge >= 0.3 is 0 Å². The van der Waals surface area contributed by atoms with Crippen molar-refractivity contribution in [1.29, 1.82) is 0 Å². The van der Waals surface area contributed by atoms with Gasteiger partial charge in [0.15, 0.2) is 5.78 Å². The lowest BCUT2D eigenvalue weighted by atomic mass is 10.1. The summed E-state index contributed by atoms with van der Waals surface area (Å²) in [6, 6.07) is 10.7. The zero-order valence-electron chi connectivity index (χ0n) is 11.4. The summed E-state index contributed by atoms with van der Waals surface area (Å²) < 4.78 is 0. The summed E-state index contributed by atoms with van der Waals surface area (Å²) in [6.45, 7) is 1.70. The second-order valence-electron chi connectivity index (χ2n) is 4.41. The standard InChI is InChI=1S/C15H14N2O4/c1-2-14(18)10-7-8-11(13(9-10)17(20)21)16-12-5-3-4-6-15(12)19/h3-9,16,19H,2H2,1H3. The van der Waals surface area contributed by atoms with Crippen LogP contribution in [0.3, 0.4) is 0 Å². The van der Waals surface area contributed by atoms with Crippen LogP contribution >= 0.6 is 0 Å². The Bertz CT molecular complexity index is 698. The molecule has 6 heteroatoms. The van der Waals surface area contributed by atoms with E-state index in [-0.39, 0.29) is 29.3 Å². The first-order chi connectivity index (χ1) is 10.0. The van der Waals surface area contributed by atoms with E-state index in [1.807, 2.05) is 0 Å². The van der Waals surface area contributed by atoms with Crippen molar-refractivity contribution in [3.8, 4) is 5.75 Å². The predicted octanol–water partition coefficient (Wildman–Crippen LogP) is 3.64. The van der Waals surface area contributed by atoms with Crippen molar-refractivity contribution in [2.24, 2.45) is 0 Å². The minimum atomic E-state index is -0.561. The van der Waals surface area contributed by atoms with E-state index >= 15 is 0 Å². The van der Waals surface area contributed by atoms with Gasteiger partial charge in [0, 0.05) is 18.1 Å². The molecule has 108 valence electrons. The average Bonchev–Trinajstić information content (AvgIpc) is 2.49. The van der Waals surface area contributed by atoms with Gasteiger partial charge in [-0.3, -0.25) is 14.9 Å². The van der Waals surface area contributed by atoms with Gasteiger partial charge < -0.3 is 10.4 Å². The number of para-hydroxylation sites is 2. The van der Waals surface area contributed by atoms with Crippen LogP contribution in [0.15, 0.2) is 42.5 Å². The molecule has 0 aliphatic rings. The molecule has 2 aromatic rings. The predicted molar refractivity (Wildman–Crippen MR) is 79.1 cm³/mol. The summed E-state index contributed by atoms with van der Waals surface area (Å²) in [5.74, 6) is -0.173. The molecule has 0 radical (unpaired) electrons. The Morgan fingerprint density at radius 2 is 1.95 bits per heavy atom. The van der Waals surface area contributed by atoms with Gasteiger partial charge in [-0.15, -0.1) is 0 Å².